The van der Waals surface area contributed by atoms with Gasteiger partial charge in [0, 0.05) is 36.6 Å². The van der Waals surface area contributed by atoms with Gasteiger partial charge in [-0.25, -0.2) is 9.97 Å². The van der Waals surface area contributed by atoms with Gasteiger partial charge in [0.1, 0.15) is 11.6 Å². The van der Waals surface area contributed by atoms with Gasteiger partial charge in [-0.15, -0.1) is 0 Å². The summed E-state index contributed by atoms with van der Waals surface area (Å²) in [6.45, 7) is 4.52. The summed E-state index contributed by atoms with van der Waals surface area (Å²) in [6, 6.07) is 12.2. The Labute approximate surface area is 153 Å². The molecule has 1 saturated carbocycles. The second kappa shape index (κ2) is 6.75. The molecule has 0 radical (unpaired) electrons. The van der Waals surface area contributed by atoms with Gasteiger partial charge >= 0.3 is 0 Å². The smallest absolute Gasteiger partial charge is 0.224 e. The third kappa shape index (κ3) is 3.12. The minimum absolute atomic E-state index is 0.0752. The first-order valence-electron chi connectivity index (χ1n) is 8.92. The number of benzene rings is 1. The summed E-state index contributed by atoms with van der Waals surface area (Å²) in [7, 11) is 0. The van der Waals surface area contributed by atoms with Crippen molar-refractivity contribution in [2.24, 2.45) is 5.92 Å². The van der Waals surface area contributed by atoms with E-state index in [4.69, 9.17) is 0 Å². The van der Waals surface area contributed by atoms with E-state index < -0.39 is 0 Å². The largest absolute Gasteiger partial charge is 0.352 e. The van der Waals surface area contributed by atoms with E-state index in [2.05, 4.69) is 34.3 Å². The zero-order valence-corrected chi connectivity index (χ0v) is 15.0. The van der Waals surface area contributed by atoms with Crippen LogP contribution in [0.1, 0.15) is 34.9 Å². The van der Waals surface area contributed by atoms with E-state index in [-0.39, 0.29) is 11.8 Å². The van der Waals surface area contributed by atoms with Gasteiger partial charge in [-0.3, -0.25) is 9.36 Å². The number of nitrogens with one attached hydrogen (secondary N) is 1. The molecule has 132 valence electrons. The lowest BCUT2D eigenvalue weighted by Crippen LogP contribution is -2.25. The number of pyridine rings is 1. The lowest BCUT2D eigenvalue weighted by atomic mass is 10.0. The Morgan fingerprint density at radius 3 is 2.77 bits per heavy atom. The van der Waals surface area contributed by atoms with Crippen molar-refractivity contribution < 1.29 is 4.79 Å². The Hall–Kier alpha value is -2.95. The highest BCUT2D eigenvalue weighted by molar-refractivity contribution is 5.83. The third-order valence-corrected chi connectivity index (χ3v) is 5.09. The van der Waals surface area contributed by atoms with Crippen LogP contribution in [0.4, 0.5) is 0 Å². The number of hydrogen-bond acceptors (Lipinski definition) is 3. The second-order valence-electron chi connectivity index (χ2n) is 6.85. The molecule has 5 heteroatoms. The van der Waals surface area contributed by atoms with Crippen LogP contribution in [0, 0.1) is 19.8 Å². The topological polar surface area (TPSA) is 59.8 Å². The fourth-order valence-corrected chi connectivity index (χ4v) is 3.53. The summed E-state index contributed by atoms with van der Waals surface area (Å²) in [6.07, 6.45) is 6.33. The number of carbonyl (C=O) groups excluding carboxylic acids is 1. The Bertz CT molecular complexity index is 946. The van der Waals surface area contributed by atoms with Gasteiger partial charge in [0.2, 0.25) is 5.91 Å². The van der Waals surface area contributed by atoms with Crippen LogP contribution in [0.25, 0.3) is 5.82 Å². The van der Waals surface area contributed by atoms with Crippen LogP contribution in [0.2, 0.25) is 0 Å². The van der Waals surface area contributed by atoms with Crippen molar-refractivity contribution in [3.05, 3.63) is 77.5 Å². The standard InChI is InChI=1S/C21H22N4O/c1-14-6-3-4-8-17(14)18-12-19(18)21(26)24-13-16-7-5-9-23-20(16)25-11-10-22-15(25)2/h3-11,18-19H,12-13H2,1-2H3,(H,24,26)/t18-,19+/m0/s1. The number of hydrogen-bond donors (Lipinski definition) is 1. The zero-order valence-electron chi connectivity index (χ0n) is 15.0. The highest BCUT2D eigenvalue weighted by atomic mass is 16.2. The van der Waals surface area contributed by atoms with E-state index in [1.165, 1.54) is 11.1 Å². The van der Waals surface area contributed by atoms with Crippen molar-refractivity contribution in [2.75, 3.05) is 0 Å². The van der Waals surface area contributed by atoms with Gasteiger partial charge in [0.15, 0.2) is 0 Å². The average molecular weight is 346 g/mol. The maximum atomic E-state index is 12.6. The fourth-order valence-electron chi connectivity index (χ4n) is 3.53. The van der Waals surface area contributed by atoms with Crippen LogP contribution < -0.4 is 5.32 Å². The van der Waals surface area contributed by atoms with Crippen LogP contribution in [-0.2, 0) is 11.3 Å². The predicted octanol–water partition coefficient (Wildman–Crippen LogP) is 3.30. The number of carbonyl (C=O) groups is 1. The number of rotatable bonds is 5. The van der Waals surface area contributed by atoms with Gasteiger partial charge in [0.25, 0.3) is 0 Å². The van der Waals surface area contributed by atoms with Crippen molar-refractivity contribution in [1.82, 2.24) is 19.9 Å². The van der Waals surface area contributed by atoms with E-state index in [9.17, 15) is 4.79 Å². The molecule has 3 aromatic rings. The highest BCUT2D eigenvalue weighted by Gasteiger charge is 2.44. The molecule has 2 heterocycles. The molecule has 1 aliphatic rings. The minimum atomic E-state index is 0.0752. The number of aryl methyl sites for hydroxylation is 2. The summed E-state index contributed by atoms with van der Waals surface area (Å²) < 4.78 is 1.94. The fraction of sp³-hybridized carbons (Fsp3) is 0.286. The van der Waals surface area contributed by atoms with Crippen LogP contribution in [0.5, 0.6) is 0 Å². The second-order valence-corrected chi connectivity index (χ2v) is 6.85. The molecular formula is C21H22N4O. The number of nitrogens with zero attached hydrogens (tertiary/aromatic N) is 3. The maximum absolute atomic E-state index is 12.6. The molecule has 4 rings (SSSR count). The van der Waals surface area contributed by atoms with Crippen LogP contribution in [-0.4, -0.2) is 20.4 Å². The summed E-state index contributed by atoms with van der Waals surface area (Å²) >= 11 is 0. The van der Waals surface area contributed by atoms with Crippen molar-refractivity contribution in [2.45, 2.75) is 32.7 Å². The molecule has 1 aromatic carbocycles. The average Bonchev–Trinajstić information content (AvgIpc) is 3.34. The number of imidazole rings is 1. The van der Waals surface area contributed by atoms with Crippen molar-refractivity contribution in [3.63, 3.8) is 0 Å². The normalized spacial score (nSPS) is 18.5. The molecular weight excluding hydrogens is 324 g/mol. The summed E-state index contributed by atoms with van der Waals surface area (Å²) in [5, 5.41) is 3.09. The molecule has 0 unspecified atom stereocenters. The number of aromatic nitrogens is 3. The van der Waals surface area contributed by atoms with Gasteiger partial charge in [0.05, 0.1) is 0 Å². The zero-order chi connectivity index (χ0) is 18.1. The first-order chi connectivity index (χ1) is 12.6. The summed E-state index contributed by atoms with van der Waals surface area (Å²) in [5.41, 5.74) is 3.54. The molecule has 5 nitrogen and oxygen atoms in total. The monoisotopic (exact) mass is 346 g/mol. The highest BCUT2D eigenvalue weighted by Crippen LogP contribution is 2.48. The van der Waals surface area contributed by atoms with Gasteiger partial charge in [-0.2, -0.15) is 0 Å². The first-order valence-corrected chi connectivity index (χ1v) is 8.92. The predicted molar refractivity (Wildman–Crippen MR) is 100.0 cm³/mol. The molecule has 2 atom stereocenters. The molecule has 0 saturated heterocycles. The first kappa shape index (κ1) is 16.5. The molecule has 0 spiro atoms. The van der Waals surface area contributed by atoms with Crippen molar-refractivity contribution in [1.29, 1.82) is 0 Å². The Morgan fingerprint density at radius 2 is 2.00 bits per heavy atom. The van der Waals surface area contributed by atoms with Crippen molar-refractivity contribution >= 4 is 5.91 Å². The van der Waals surface area contributed by atoms with E-state index in [0.717, 1.165) is 23.6 Å². The Morgan fingerprint density at radius 1 is 1.15 bits per heavy atom. The summed E-state index contributed by atoms with van der Waals surface area (Å²) in [4.78, 5) is 21.3. The van der Waals surface area contributed by atoms with Gasteiger partial charge in [-0.05, 0) is 43.4 Å². The quantitative estimate of drug-likeness (QED) is 0.771. The van der Waals surface area contributed by atoms with E-state index >= 15 is 0 Å². The Kier molecular flexibility index (Phi) is 4.29. The lowest BCUT2D eigenvalue weighted by molar-refractivity contribution is -0.122. The van der Waals surface area contributed by atoms with E-state index in [1.807, 2.05) is 42.0 Å². The molecule has 1 amide bonds. The Balaban J connectivity index is 1.44. The van der Waals surface area contributed by atoms with E-state index in [0.29, 0.717) is 12.5 Å². The van der Waals surface area contributed by atoms with Crippen LogP contribution >= 0.6 is 0 Å². The summed E-state index contributed by atoms with van der Waals surface area (Å²) in [5.74, 6) is 2.23. The van der Waals surface area contributed by atoms with Gasteiger partial charge in [-0.1, -0.05) is 30.3 Å². The lowest BCUT2D eigenvalue weighted by Gasteiger charge is -2.11. The van der Waals surface area contributed by atoms with E-state index in [1.54, 1.807) is 12.4 Å². The molecule has 1 fully saturated rings. The van der Waals surface area contributed by atoms with Crippen LogP contribution in [0.15, 0.2) is 55.0 Å². The maximum Gasteiger partial charge on any atom is 0.224 e. The van der Waals surface area contributed by atoms with Crippen molar-refractivity contribution in [3.8, 4) is 5.82 Å². The third-order valence-electron chi connectivity index (χ3n) is 5.09. The molecule has 1 N–H and O–H groups in total. The molecule has 26 heavy (non-hydrogen) atoms. The molecule has 2 aromatic heterocycles. The minimum Gasteiger partial charge on any atom is -0.352 e. The molecule has 1 aliphatic carbocycles. The SMILES string of the molecule is Cc1ccccc1[C@@H]1C[C@H]1C(=O)NCc1cccnc1-n1ccnc1C. The number of amides is 1. The molecule has 0 bridgehead atoms. The van der Waals surface area contributed by atoms with Crippen LogP contribution in [0.3, 0.4) is 0 Å². The molecule has 0 aliphatic heterocycles. The van der Waals surface area contributed by atoms with Gasteiger partial charge < -0.3 is 5.32 Å².